The summed E-state index contributed by atoms with van der Waals surface area (Å²) in [5.41, 5.74) is 0.110. The number of nitrogens with zero attached hydrogens (tertiary/aromatic N) is 2. The van der Waals surface area contributed by atoms with Crippen LogP contribution in [0.3, 0.4) is 0 Å². The molecule has 0 atom stereocenters. The fourth-order valence-electron chi connectivity index (χ4n) is 1.78. The lowest BCUT2D eigenvalue weighted by atomic mass is 9.94. The first-order chi connectivity index (χ1) is 7.21. The van der Waals surface area contributed by atoms with Crippen LogP contribution in [0.4, 0.5) is 0 Å². The predicted molar refractivity (Wildman–Crippen MR) is 70.4 cm³/mol. The minimum Gasteiger partial charge on any atom is -0.304 e. The van der Waals surface area contributed by atoms with Gasteiger partial charge in [-0.25, -0.2) is 0 Å². The quantitative estimate of drug-likeness (QED) is 0.627. The molecule has 1 rings (SSSR count). The lowest BCUT2D eigenvalue weighted by Gasteiger charge is -2.40. The van der Waals surface area contributed by atoms with Gasteiger partial charge in [-0.3, -0.25) is 4.90 Å². The van der Waals surface area contributed by atoms with Gasteiger partial charge in [-0.15, -0.1) is 0 Å². The zero-order valence-corrected chi connectivity index (χ0v) is 11.7. The summed E-state index contributed by atoms with van der Waals surface area (Å²) in [6.07, 6.45) is 0. The van der Waals surface area contributed by atoms with Crippen molar-refractivity contribution in [1.29, 1.82) is 0 Å². The van der Waals surface area contributed by atoms with Gasteiger partial charge >= 0.3 is 0 Å². The van der Waals surface area contributed by atoms with Crippen molar-refractivity contribution in [1.82, 2.24) is 9.80 Å². The average Bonchev–Trinajstić information content (AvgIpc) is 2.15. The Labute approximate surface area is 101 Å². The summed E-state index contributed by atoms with van der Waals surface area (Å²) in [5, 5.41) is 0. The molecule has 0 N–H and O–H groups in total. The van der Waals surface area contributed by atoms with Crippen LogP contribution in [0.1, 0.15) is 34.6 Å². The summed E-state index contributed by atoms with van der Waals surface area (Å²) in [6.45, 7) is 15.5. The second kappa shape index (κ2) is 4.77. The van der Waals surface area contributed by atoms with Crippen molar-refractivity contribution in [2.24, 2.45) is 5.41 Å². The van der Waals surface area contributed by atoms with E-state index in [0.717, 1.165) is 26.2 Å². The fourth-order valence-corrected chi connectivity index (χ4v) is 1.78. The summed E-state index contributed by atoms with van der Waals surface area (Å²) in [4.78, 5) is 4.87. The number of hydrogen-bond donors (Lipinski definition) is 0. The van der Waals surface area contributed by atoms with Crippen LogP contribution < -0.4 is 0 Å². The molecule has 0 unspecified atom stereocenters. The molecule has 2 heteroatoms. The monoisotopic (exact) mass is 222 g/mol. The number of hydrogen-bond acceptors (Lipinski definition) is 2. The zero-order valence-electron chi connectivity index (χ0n) is 11.7. The van der Waals surface area contributed by atoms with Crippen LogP contribution in [0, 0.1) is 17.3 Å². The van der Waals surface area contributed by atoms with E-state index in [1.165, 1.54) is 0 Å². The van der Waals surface area contributed by atoms with E-state index < -0.39 is 0 Å². The third kappa shape index (κ3) is 4.15. The third-order valence-electron chi connectivity index (χ3n) is 3.04. The van der Waals surface area contributed by atoms with Gasteiger partial charge in [0.2, 0.25) is 0 Å². The number of rotatable bonds is 1. The first-order valence-electron chi connectivity index (χ1n) is 6.19. The Hall–Kier alpha value is -0.520. The summed E-state index contributed by atoms with van der Waals surface area (Å²) in [5.74, 6) is 6.81. The molecule has 1 fully saturated rings. The van der Waals surface area contributed by atoms with Crippen LogP contribution in [0.15, 0.2) is 0 Å². The summed E-state index contributed by atoms with van der Waals surface area (Å²) < 4.78 is 0. The predicted octanol–water partition coefficient (Wildman–Crippen LogP) is 2.06. The maximum absolute atomic E-state index is 3.44. The van der Waals surface area contributed by atoms with Crippen molar-refractivity contribution in [3.8, 4) is 11.8 Å². The van der Waals surface area contributed by atoms with Gasteiger partial charge in [0.1, 0.15) is 0 Å². The van der Waals surface area contributed by atoms with Crippen LogP contribution in [-0.2, 0) is 0 Å². The van der Waals surface area contributed by atoms with Crippen molar-refractivity contribution in [3.05, 3.63) is 0 Å². The molecule has 0 aromatic heterocycles. The lowest BCUT2D eigenvalue weighted by molar-refractivity contribution is 0.0944. The molecule has 0 spiro atoms. The Bertz CT molecular complexity index is 280. The first kappa shape index (κ1) is 13.5. The summed E-state index contributed by atoms with van der Waals surface area (Å²) >= 11 is 0. The fraction of sp³-hybridized carbons (Fsp3) is 0.857. The maximum Gasteiger partial charge on any atom is 0.0769 e. The molecule has 0 bridgehead atoms. The highest BCUT2D eigenvalue weighted by Gasteiger charge is 2.27. The molecule has 0 aromatic carbocycles. The molecule has 16 heavy (non-hydrogen) atoms. The molecule has 0 aliphatic carbocycles. The highest BCUT2D eigenvalue weighted by molar-refractivity contribution is 5.18. The van der Waals surface area contributed by atoms with Crippen molar-refractivity contribution >= 4 is 0 Å². The molecule has 1 heterocycles. The van der Waals surface area contributed by atoms with Gasteiger partial charge in [-0.05, 0) is 41.7 Å². The smallest absolute Gasteiger partial charge is 0.0769 e. The zero-order chi connectivity index (χ0) is 12.4. The van der Waals surface area contributed by atoms with Crippen molar-refractivity contribution in [2.75, 3.05) is 33.2 Å². The molecule has 92 valence electrons. The second-order valence-corrected chi connectivity index (χ2v) is 6.35. The third-order valence-corrected chi connectivity index (χ3v) is 3.04. The molecule has 0 saturated carbocycles. The highest BCUT2D eigenvalue weighted by atomic mass is 15.3. The van der Waals surface area contributed by atoms with Gasteiger partial charge in [-0.2, -0.15) is 0 Å². The molecule has 1 aliphatic heterocycles. The highest BCUT2D eigenvalue weighted by Crippen LogP contribution is 2.18. The molecule has 2 nitrogen and oxygen atoms in total. The summed E-state index contributed by atoms with van der Waals surface area (Å²) in [6, 6.07) is 0. The number of likely N-dealkylation sites (N-methyl/N-ethyl adjacent to an activating group) is 1. The van der Waals surface area contributed by atoms with E-state index in [1.54, 1.807) is 0 Å². The Morgan fingerprint density at radius 1 is 0.812 bits per heavy atom. The second-order valence-electron chi connectivity index (χ2n) is 6.35. The van der Waals surface area contributed by atoms with Crippen LogP contribution in [0.25, 0.3) is 0 Å². The van der Waals surface area contributed by atoms with Crippen LogP contribution in [-0.4, -0.2) is 48.6 Å². The van der Waals surface area contributed by atoms with Gasteiger partial charge in [0.25, 0.3) is 0 Å². The molecule has 0 radical (unpaired) electrons. The molecular weight excluding hydrogens is 196 g/mol. The Morgan fingerprint density at radius 2 is 1.31 bits per heavy atom. The largest absolute Gasteiger partial charge is 0.304 e. The van der Waals surface area contributed by atoms with Gasteiger partial charge in [0.05, 0.1) is 5.54 Å². The maximum atomic E-state index is 3.44. The van der Waals surface area contributed by atoms with E-state index >= 15 is 0 Å². The molecule has 1 aliphatic rings. The normalized spacial score (nSPS) is 20.4. The molecule has 1 saturated heterocycles. The van der Waals surface area contributed by atoms with E-state index in [0.29, 0.717) is 0 Å². The summed E-state index contributed by atoms with van der Waals surface area (Å²) in [7, 11) is 2.19. The van der Waals surface area contributed by atoms with E-state index in [2.05, 4.69) is 63.3 Å². The van der Waals surface area contributed by atoms with E-state index in [-0.39, 0.29) is 11.0 Å². The van der Waals surface area contributed by atoms with Gasteiger partial charge < -0.3 is 4.90 Å². The standard InChI is InChI=1S/C14H26N2/c1-13(2,3)7-8-14(4,5)16-11-9-15(6)10-12-16/h9-12H2,1-6H3. The van der Waals surface area contributed by atoms with Crippen molar-refractivity contribution in [2.45, 2.75) is 40.2 Å². The minimum absolute atomic E-state index is 0.00847. The van der Waals surface area contributed by atoms with Crippen LogP contribution >= 0.6 is 0 Å². The minimum atomic E-state index is 0.00847. The molecule has 0 aromatic rings. The lowest BCUT2D eigenvalue weighted by Crippen LogP contribution is -2.53. The van der Waals surface area contributed by atoms with Gasteiger partial charge in [0, 0.05) is 31.6 Å². The van der Waals surface area contributed by atoms with Gasteiger partial charge in [-0.1, -0.05) is 11.8 Å². The van der Waals surface area contributed by atoms with E-state index in [9.17, 15) is 0 Å². The van der Waals surface area contributed by atoms with E-state index in [4.69, 9.17) is 0 Å². The number of piperazine rings is 1. The van der Waals surface area contributed by atoms with Crippen LogP contribution in [0.2, 0.25) is 0 Å². The van der Waals surface area contributed by atoms with Crippen molar-refractivity contribution in [3.63, 3.8) is 0 Å². The van der Waals surface area contributed by atoms with Crippen LogP contribution in [0.5, 0.6) is 0 Å². The Morgan fingerprint density at radius 3 is 1.75 bits per heavy atom. The topological polar surface area (TPSA) is 6.48 Å². The molecular formula is C14H26N2. The van der Waals surface area contributed by atoms with Gasteiger partial charge in [0.15, 0.2) is 0 Å². The van der Waals surface area contributed by atoms with E-state index in [1.807, 2.05) is 0 Å². The van der Waals surface area contributed by atoms with Crippen molar-refractivity contribution < 1.29 is 0 Å². The average molecular weight is 222 g/mol. The Balaban J connectivity index is 2.66. The molecule has 0 amide bonds. The SMILES string of the molecule is CN1CCN(C(C)(C)C#CC(C)(C)C)CC1. The Kier molecular flexibility index (Phi) is 4.04. The first-order valence-corrected chi connectivity index (χ1v) is 6.19.